The molecule has 0 fully saturated rings. The molecule has 0 aliphatic carbocycles. The molecule has 0 N–H and O–H groups in total. The summed E-state index contributed by atoms with van der Waals surface area (Å²) in [4.78, 5) is 12.8. The highest BCUT2D eigenvalue weighted by Gasteiger charge is 2.28. The van der Waals surface area contributed by atoms with Gasteiger partial charge in [0.1, 0.15) is 6.54 Å². The second-order valence-electron chi connectivity index (χ2n) is 4.71. The van der Waals surface area contributed by atoms with Crippen LogP contribution in [0, 0.1) is 0 Å². The molecule has 2 aromatic rings. The number of ether oxygens (including phenoxy) is 1. The Hall–Kier alpha value is -1.51. The molecule has 0 amide bonds. The fraction of sp³-hybridized carbons (Fsp3) is 0.188. The summed E-state index contributed by atoms with van der Waals surface area (Å²) in [6, 6.07) is 13.3. The Bertz CT molecular complexity index is 822. The zero-order chi connectivity index (χ0) is 17.7. The molecule has 128 valence electrons. The van der Waals surface area contributed by atoms with Crippen LogP contribution >= 0.6 is 27.7 Å². The number of rotatable bonds is 6. The lowest BCUT2D eigenvalue weighted by molar-refractivity contribution is -0.138. The molecule has 0 spiro atoms. The molecule has 0 aliphatic heterocycles. The van der Waals surface area contributed by atoms with Gasteiger partial charge in [0.2, 0.25) is 0 Å². The van der Waals surface area contributed by atoms with Crippen LogP contribution < -0.4 is 4.31 Å². The first-order valence-corrected chi connectivity index (χ1v) is 10.3. The van der Waals surface area contributed by atoms with Gasteiger partial charge in [-0.2, -0.15) is 0 Å². The maximum atomic E-state index is 13.0. The minimum Gasteiger partial charge on any atom is -0.468 e. The quantitative estimate of drug-likeness (QED) is 0.518. The second-order valence-corrected chi connectivity index (χ2v) is 8.31. The van der Waals surface area contributed by atoms with Gasteiger partial charge in [-0.3, -0.25) is 9.10 Å². The van der Waals surface area contributed by atoms with Gasteiger partial charge in [0.15, 0.2) is 0 Å². The Morgan fingerprint density at radius 3 is 2.33 bits per heavy atom. The van der Waals surface area contributed by atoms with Crippen molar-refractivity contribution in [2.75, 3.05) is 24.2 Å². The van der Waals surface area contributed by atoms with E-state index in [1.807, 2.05) is 6.26 Å². The largest absolute Gasteiger partial charge is 0.468 e. The maximum absolute atomic E-state index is 13.0. The number of hydrogen-bond acceptors (Lipinski definition) is 5. The number of thioether (sulfide) groups is 1. The molecule has 0 saturated heterocycles. The van der Waals surface area contributed by atoms with E-state index in [0.29, 0.717) is 10.2 Å². The minimum atomic E-state index is -3.91. The standard InChI is InChI=1S/C16H16BrNO4S2/c1-22-16(19)11-18(15-6-4-3-5-14(15)17)24(20,21)13-9-7-12(23-2)8-10-13/h3-10H,11H2,1-2H3. The van der Waals surface area contributed by atoms with Crippen molar-refractivity contribution in [2.45, 2.75) is 9.79 Å². The van der Waals surface area contributed by atoms with E-state index >= 15 is 0 Å². The number of sulfonamides is 1. The molecule has 8 heteroatoms. The second kappa shape index (κ2) is 8.04. The smallest absolute Gasteiger partial charge is 0.326 e. The lowest BCUT2D eigenvalue weighted by Crippen LogP contribution is -2.36. The highest BCUT2D eigenvalue weighted by atomic mass is 79.9. The molecule has 0 saturated carbocycles. The summed E-state index contributed by atoms with van der Waals surface area (Å²) in [5, 5.41) is 0. The van der Waals surface area contributed by atoms with Crippen LogP contribution in [0.15, 0.2) is 62.8 Å². The van der Waals surface area contributed by atoms with Crippen molar-refractivity contribution in [3.8, 4) is 0 Å². The SMILES string of the molecule is COC(=O)CN(c1ccccc1Br)S(=O)(=O)c1ccc(SC)cc1. The maximum Gasteiger partial charge on any atom is 0.326 e. The van der Waals surface area contributed by atoms with Crippen molar-refractivity contribution in [1.82, 2.24) is 0 Å². The average Bonchev–Trinajstić information content (AvgIpc) is 2.60. The molecule has 24 heavy (non-hydrogen) atoms. The van der Waals surface area contributed by atoms with Crippen LogP contribution in [0.5, 0.6) is 0 Å². The number of benzene rings is 2. The van der Waals surface area contributed by atoms with Crippen molar-refractivity contribution in [1.29, 1.82) is 0 Å². The van der Waals surface area contributed by atoms with E-state index in [-0.39, 0.29) is 4.90 Å². The van der Waals surface area contributed by atoms with Crippen LogP contribution in [-0.2, 0) is 19.6 Å². The Labute approximate surface area is 154 Å². The summed E-state index contributed by atoms with van der Waals surface area (Å²) in [6.07, 6.45) is 1.91. The Balaban J connectivity index is 2.52. The zero-order valence-electron chi connectivity index (χ0n) is 13.1. The summed E-state index contributed by atoms with van der Waals surface area (Å²) >= 11 is 4.85. The van der Waals surface area contributed by atoms with E-state index in [9.17, 15) is 13.2 Å². The van der Waals surface area contributed by atoms with Gasteiger partial charge in [-0.1, -0.05) is 12.1 Å². The van der Waals surface area contributed by atoms with Gasteiger partial charge in [-0.15, -0.1) is 11.8 Å². The molecular formula is C16H16BrNO4S2. The third kappa shape index (κ3) is 4.12. The molecule has 5 nitrogen and oxygen atoms in total. The van der Waals surface area contributed by atoms with E-state index in [1.54, 1.807) is 36.4 Å². The van der Waals surface area contributed by atoms with Gasteiger partial charge >= 0.3 is 5.97 Å². The van der Waals surface area contributed by atoms with Crippen LogP contribution in [-0.4, -0.2) is 34.3 Å². The molecule has 0 heterocycles. The number of para-hydroxylation sites is 1. The number of carbonyl (C=O) groups is 1. The Morgan fingerprint density at radius 2 is 1.79 bits per heavy atom. The highest BCUT2D eigenvalue weighted by Crippen LogP contribution is 2.31. The van der Waals surface area contributed by atoms with Gasteiger partial charge in [-0.25, -0.2) is 8.42 Å². The molecule has 0 bridgehead atoms. The third-order valence-electron chi connectivity index (χ3n) is 3.27. The monoisotopic (exact) mass is 429 g/mol. The number of methoxy groups -OCH3 is 1. The van der Waals surface area contributed by atoms with Crippen LogP contribution in [0.4, 0.5) is 5.69 Å². The fourth-order valence-corrected chi connectivity index (χ4v) is 4.46. The lowest BCUT2D eigenvalue weighted by Gasteiger charge is -2.24. The van der Waals surface area contributed by atoms with Gasteiger partial charge in [0.25, 0.3) is 10.0 Å². The zero-order valence-corrected chi connectivity index (χ0v) is 16.3. The first kappa shape index (κ1) is 18.8. The summed E-state index contributed by atoms with van der Waals surface area (Å²) in [5.41, 5.74) is 0.372. The molecule has 0 aromatic heterocycles. The third-order valence-corrected chi connectivity index (χ3v) is 6.46. The lowest BCUT2D eigenvalue weighted by atomic mass is 10.3. The molecule has 0 radical (unpaired) electrons. The molecule has 2 rings (SSSR count). The molecule has 0 unspecified atom stereocenters. The number of halogens is 1. The van der Waals surface area contributed by atoms with Crippen LogP contribution in [0.2, 0.25) is 0 Å². The van der Waals surface area contributed by atoms with Gasteiger partial charge < -0.3 is 4.74 Å². The average molecular weight is 430 g/mol. The van der Waals surface area contributed by atoms with E-state index in [0.717, 1.165) is 9.20 Å². The summed E-state index contributed by atoms with van der Waals surface area (Å²) in [7, 11) is -2.69. The fourth-order valence-electron chi connectivity index (χ4n) is 2.01. The summed E-state index contributed by atoms with van der Waals surface area (Å²) < 4.78 is 32.3. The number of carbonyl (C=O) groups excluding carboxylic acids is 1. The van der Waals surface area contributed by atoms with Gasteiger partial charge in [-0.05, 0) is 58.6 Å². The van der Waals surface area contributed by atoms with E-state index in [4.69, 9.17) is 0 Å². The van der Waals surface area contributed by atoms with Crippen LogP contribution in [0.1, 0.15) is 0 Å². The minimum absolute atomic E-state index is 0.111. The van der Waals surface area contributed by atoms with Crippen LogP contribution in [0.25, 0.3) is 0 Å². The van der Waals surface area contributed by atoms with Crippen molar-refractivity contribution >= 4 is 49.4 Å². The Kier molecular flexibility index (Phi) is 6.31. The summed E-state index contributed by atoms with van der Waals surface area (Å²) in [6.45, 7) is -0.411. The molecule has 2 aromatic carbocycles. The Morgan fingerprint density at radius 1 is 1.17 bits per heavy atom. The molecular weight excluding hydrogens is 414 g/mol. The van der Waals surface area contributed by atoms with Crippen molar-refractivity contribution < 1.29 is 17.9 Å². The number of anilines is 1. The molecule has 0 aliphatic rings. The first-order chi connectivity index (χ1) is 11.4. The van der Waals surface area contributed by atoms with E-state index in [2.05, 4.69) is 20.7 Å². The van der Waals surface area contributed by atoms with Crippen molar-refractivity contribution in [2.24, 2.45) is 0 Å². The van der Waals surface area contributed by atoms with Gasteiger partial charge in [0, 0.05) is 9.37 Å². The number of esters is 1. The number of nitrogens with zero attached hydrogens (tertiary/aromatic N) is 1. The van der Waals surface area contributed by atoms with Crippen LogP contribution in [0.3, 0.4) is 0 Å². The number of hydrogen-bond donors (Lipinski definition) is 0. The van der Waals surface area contributed by atoms with Crippen molar-refractivity contribution in [3.63, 3.8) is 0 Å². The normalized spacial score (nSPS) is 11.1. The topological polar surface area (TPSA) is 63.7 Å². The first-order valence-electron chi connectivity index (χ1n) is 6.88. The van der Waals surface area contributed by atoms with Crippen molar-refractivity contribution in [3.05, 3.63) is 53.0 Å². The van der Waals surface area contributed by atoms with E-state index in [1.165, 1.54) is 31.0 Å². The van der Waals surface area contributed by atoms with E-state index < -0.39 is 22.5 Å². The predicted molar refractivity (Wildman–Crippen MR) is 98.9 cm³/mol. The highest BCUT2D eigenvalue weighted by molar-refractivity contribution is 9.10. The summed E-state index contributed by atoms with van der Waals surface area (Å²) in [5.74, 6) is -0.643. The van der Waals surface area contributed by atoms with Gasteiger partial charge in [0.05, 0.1) is 17.7 Å². The predicted octanol–water partition coefficient (Wildman–Crippen LogP) is 3.54. The molecule has 0 atom stereocenters.